The summed E-state index contributed by atoms with van der Waals surface area (Å²) >= 11 is 0. The quantitative estimate of drug-likeness (QED) is 0.0182. The number of carbonyl (C=O) groups is 2. The van der Waals surface area contributed by atoms with Crippen molar-refractivity contribution in [2.24, 2.45) is 0 Å². The van der Waals surface area contributed by atoms with Gasteiger partial charge in [-0.15, -0.1) is 0 Å². The van der Waals surface area contributed by atoms with E-state index < -0.39 is 99.3 Å². The Morgan fingerprint density at radius 3 is 1.33 bits per heavy atom. The van der Waals surface area contributed by atoms with E-state index >= 15 is 0 Å². The second kappa shape index (κ2) is 41.0. The van der Waals surface area contributed by atoms with Crippen molar-refractivity contribution in [3.63, 3.8) is 0 Å². The van der Waals surface area contributed by atoms with Crippen LogP contribution < -0.4 is 0 Å². The van der Waals surface area contributed by atoms with E-state index in [-0.39, 0.29) is 19.4 Å². The molecule has 2 aliphatic rings. The van der Waals surface area contributed by atoms with Gasteiger partial charge in [0.1, 0.15) is 55.4 Å². The maximum Gasteiger partial charge on any atom is 0.306 e. The van der Waals surface area contributed by atoms with E-state index in [0.29, 0.717) is 12.8 Å². The van der Waals surface area contributed by atoms with Gasteiger partial charge < -0.3 is 64.2 Å². The monoisotopic (exact) mass is 989 g/mol. The van der Waals surface area contributed by atoms with Crippen LogP contribution >= 0.6 is 0 Å². The number of ether oxygens (including phenoxy) is 6. The number of unbranched alkanes of at least 4 members (excludes halogenated alkanes) is 8. The molecule has 0 radical (unpaired) electrons. The van der Waals surface area contributed by atoms with Gasteiger partial charge in [-0.2, -0.15) is 0 Å². The second-order valence-electron chi connectivity index (χ2n) is 17.6. The first kappa shape index (κ1) is 62.5. The molecule has 2 fully saturated rings. The molecule has 2 aliphatic heterocycles. The minimum atomic E-state index is -1.78. The van der Waals surface area contributed by atoms with Crippen LogP contribution in [-0.2, 0) is 38.0 Å². The molecular weight excluding hydrogens is 901 g/mol. The summed E-state index contributed by atoms with van der Waals surface area (Å²) in [6.07, 6.45) is 34.3. The highest BCUT2D eigenvalue weighted by atomic mass is 16.7. The van der Waals surface area contributed by atoms with Crippen LogP contribution in [0.3, 0.4) is 0 Å². The van der Waals surface area contributed by atoms with Crippen LogP contribution in [0.25, 0.3) is 0 Å². The zero-order chi connectivity index (χ0) is 51.0. The SMILES string of the molecule is CC/C=C\C/C=C\C/C=C\C/C=C\CCCCCCC(=O)OCC(COC1OC(COC2OC(CO)C(O)C(O)C2O)C(O)C(O)C1O)OC(=O)CCCCCC/C=C\C/C=C\C/C=C\C/C=C\CC. The molecule has 7 N–H and O–H groups in total. The predicted octanol–water partition coefficient (Wildman–Crippen LogP) is 7.37. The van der Waals surface area contributed by atoms with Crippen LogP contribution in [0.15, 0.2) is 97.2 Å². The third-order valence-corrected chi connectivity index (χ3v) is 11.6. The Balaban J connectivity index is 1.84. The fourth-order valence-electron chi connectivity index (χ4n) is 7.37. The Kier molecular flexibility index (Phi) is 36.6. The maximum atomic E-state index is 13.0. The molecule has 2 rings (SSSR count). The summed E-state index contributed by atoms with van der Waals surface area (Å²) in [5.41, 5.74) is 0. The number of aliphatic hydroxyl groups is 7. The highest BCUT2D eigenvalue weighted by Gasteiger charge is 2.47. The molecule has 70 heavy (non-hydrogen) atoms. The topological polar surface area (TPSA) is 231 Å². The molecule has 0 amide bonds. The Hall–Kier alpha value is -3.58. The summed E-state index contributed by atoms with van der Waals surface area (Å²) < 4.78 is 33.5. The summed E-state index contributed by atoms with van der Waals surface area (Å²) in [6.45, 7) is 2.29. The Labute approximate surface area is 417 Å². The molecule has 15 nitrogen and oxygen atoms in total. The normalized spacial score (nSPS) is 26.2. The molecule has 0 aromatic rings. The van der Waals surface area contributed by atoms with Gasteiger partial charge in [-0.1, -0.05) is 137 Å². The Bertz CT molecular complexity index is 1580. The largest absolute Gasteiger partial charge is 0.462 e. The molecule has 0 bridgehead atoms. The van der Waals surface area contributed by atoms with Gasteiger partial charge in [0, 0.05) is 12.8 Å². The van der Waals surface area contributed by atoms with Crippen LogP contribution in [0.4, 0.5) is 0 Å². The van der Waals surface area contributed by atoms with Gasteiger partial charge in [0.15, 0.2) is 18.7 Å². The zero-order valence-electron chi connectivity index (χ0n) is 42.0. The Morgan fingerprint density at radius 1 is 0.457 bits per heavy atom. The molecule has 0 aromatic carbocycles. The third kappa shape index (κ3) is 28.5. The van der Waals surface area contributed by atoms with Crippen LogP contribution in [-0.4, -0.2) is 142 Å². The number of aliphatic hydroxyl groups excluding tert-OH is 7. The number of carbonyl (C=O) groups excluding carboxylic acids is 2. The van der Waals surface area contributed by atoms with Crippen molar-refractivity contribution in [2.75, 3.05) is 26.4 Å². The van der Waals surface area contributed by atoms with Crippen LogP contribution in [0.1, 0.15) is 142 Å². The molecule has 2 saturated heterocycles. The predicted molar refractivity (Wildman–Crippen MR) is 270 cm³/mol. The smallest absolute Gasteiger partial charge is 0.306 e. The van der Waals surface area contributed by atoms with Gasteiger partial charge in [-0.25, -0.2) is 0 Å². The fourth-order valence-corrected chi connectivity index (χ4v) is 7.37. The van der Waals surface area contributed by atoms with Crippen molar-refractivity contribution in [1.29, 1.82) is 0 Å². The average Bonchev–Trinajstić information content (AvgIpc) is 3.35. The van der Waals surface area contributed by atoms with Crippen molar-refractivity contribution < 1.29 is 73.8 Å². The molecule has 0 saturated carbocycles. The molecule has 15 heteroatoms. The maximum absolute atomic E-state index is 13.0. The number of rotatable bonds is 38. The summed E-state index contributed by atoms with van der Waals surface area (Å²) in [4.78, 5) is 25.8. The van der Waals surface area contributed by atoms with Crippen molar-refractivity contribution in [2.45, 2.75) is 210 Å². The molecule has 11 unspecified atom stereocenters. The summed E-state index contributed by atoms with van der Waals surface area (Å²) in [7, 11) is 0. The molecular formula is C55H88O15. The zero-order valence-corrected chi connectivity index (χ0v) is 42.0. The lowest BCUT2D eigenvalue weighted by molar-refractivity contribution is -0.332. The fraction of sp³-hybridized carbons (Fsp3) is 0.673. The number of allylic oxidation sites excluding steroid dienone is 16. The number of hydrogen-bond acceptors (Lipinski definition) is 15. The van der Waals surface area contributed by atoms with E-state index in [4.69, 9.17) is 28.4 Å². The number of hydrogen-bond donors (Lipinski definition) is 7. The minimum absolute atomic E-state index is 0.125. The highest BCUT2D eigenvalue weighted by Crippen LogP contribution is 2.26. The lowest BCUT2D eigenvalue weighted by Crippen LogP contribution is -2.61. The summed E-state index contributed by atoms with van der Waals surface area (Å²) in [6, 6.07) is 0. The van der Waals surface area contributed by atoms with E-state index in [1.165, 1.54) is 0 Å². The lowest BCUT2D eigenvalue weighted by Gasteiger charge is -2.42. The van der Waals surface area contributed by atoms with Crippen molar-refractivity contribution in [3.05, 3.63) is 97.2 Å². The van der Waals surface area contributed by atoms with Crippen LogP contribution in [0, 0.1) is 0 Å². The first-order valence-corrected chi connectivity index (χ1v) is 25.8. The van der Waals surface area contributed by atoms with Crippen molar-refractivity contribution in [3.8, 4) is 0 Å². The minimum Gasteiger partial charge on any atom is -0.462 e. The third-order valence-electron chi connectivity index (χ3n) is 11.6. The molecule has 11 atom stereocenters. The molecule has 2 heterocycles. The standard InChI is InChI=1S/C55H88O15/c1-3-5-7-9-11-13-15-17-19-21-23-25-27-29-31-33-35-37-46(57)65-40-43(68-47(58)38-36-34-32-30-28-26-24-22-20-18-16-14-12-10-8-6-4-2)41-66-54-53(64)51(62)49(60)45(70-54)42-67-55-52(63)50(61)48(59)44(39-56)69-55/h5-8,11-14,17-20,23-26,43-45,48-56,59-64H,3-4,9-10,15-16,21-22,27-42H2,1-2H3/b7-5-,8-6-,13-11-,14-12-,19-17-,20-18-,25-23-,26-24-. The van der Waals surface area contributed by atoms with E-state index in [2.05, 4.69) is 111 Å². The van der Waals surface area contributed by atoms with Gasteiger partial charge in [0.2, 0.25) is 0 Å². The summed E-state index contributed by atoms with van der Waals surface area (Å²) in [5.74, 6) is -0.991. The molecule has 398 valence electrons. The molecule has 0 aliphatic carbocycles. The first-order chi connectivity index (χ1) is 34.0. The highest BCUT2D eigenvalue weighted by molar-refractivity contribution is 5.70. The van der Waals surface area contributed by atoms with E-state index in [1.807, 2.05) is 0 Å². The second-order valence-corrected chi connectivity index (χ2v) is 17.6. The lowest BCUT2D eigenvalue weighted by atomic mass is 9.98. The van der Waals surface area contributed by atoms with Gasteiger partial charge in [0.05, 0.1) is 19.8 Å². The van der Waals surface area contributed by atoms with E-state index in [1.54, 1.807) is 0 Å². The Morgan fingerprint density at radius 2 is 0.857 bits per heavy atom. The van der Waals surface area contributed by atoms with Crippen molar-refractivity contribution in [1.82, 2.24) is 0 Å². The molecule has 0 aromatic heterocycles. The van der Waals surface area contributed by atoms with Gasteiger partial charge in [-0.3, -0.25) is 9.59 Å². The van der Waals surface area contributed by atoms with Crippen molar-refractivity contribution >= 4 is 11.9 Å². The van der Waals surface area contributed by atoms with Crippen LogP contribution in [0.5, 0.6) is 0 Å². The first-order valence-electron chi connectivity index (χ1n) is 25.8. The number of esters is 2. The molecule has 0 spiro atoms. The van der Waals surface area contributed by atoms with Crippen LogP contribution in [0.2, 0.25) is 0 Å². The van der Waals surface area contributed by atoms with Gasteiger partial charge >= 0.3 is 11.9 Å². The van der Waals surface area contributed by atoms with E-state index in [9.17, 15) is 45.3 Å². The van der Waals surface area contributed by atoms with E-state index in [0.717, 1.165) is 103 Å². The summed E-state index contributed by atoms with van der Waals surface area (Å²) in [5, 5.41) is 72.1. The average molecular weight is 989 g/mol. The van der Waals surface area contributed by atoms with Gasteiger partial charge in [-0.05, 0) is 89.9 Å². The van der Waals surface area contributed by atoms with Gasteiger partial charge in [0.25, 0.3) is 0 Å².